The lowest BCUT2D eigenvalue weighted by Gasteiger charge is -2.26. The summed E-state index contributed by atoms with van der Waals surface area (Å²) >= 11 is 0. The molecule has 0 aliphatic heterocycles. The highest BCUT2D eigenvalue weighted by Crippen LogP contribution is 2.35. The number of hydrogen-bond acceptors (Lipinski definition) is 1. The second-order valence-corrected chi connectivity index (χ2v) is 6.78. The van der Waals surface area contributed by atoms with Crippen LogP contribution in [0.2, 0.25) is 0 Å². The molecule has 0 radical (unpaired) electrons. The molecule has 0 saturated carbocycles. The Kier molecular flexibility index (Phi) is 4.95. The maximum Gasteiger partial charge on any atom is 0.0464 e. The van der Waals surface area contributed by atoms with E-state index in [4.69, 9.17) is 6.42 Å². The summed E-state index contributed by atoms with van der Waals surface area (Å²) in [5.41, 5.74) is 7.88. The zero-order valence-corrected chi connectivity index (χ0v) is 15.8. The van der Waals surface area contributed by atoms with Crippen LogP contribution in [0.15, 0.2) is 103 Å². The van der Waals surface area contributed by atoms with E-state index < -0.39 is 0 Å². The van der Waals surface area contributed by atoms with E-state index in [0.717, 1.165) is 28.2 Å². The fourth-order valence-corrected chi connectivity index (χ4v) is 3.35. The lowest BCUT2D eigenvalue weighted by molar-refractivity contribution is 1.27. The Morgan fingerprint density at radius 1 is 0.607 bits per heavy atom. The van der Waals surface area contributed by atoms with Crippen LogP contribution in [0.5, 0.6) is 0 Å². The molecule has 4 rings (SSSR count). The summed E-state index contributed by atoms with van der Waals surface area (Å²) in [6, 6.07) is 35.8. The largest absolute Gasteiger partial charge is 0.310 e. The smallest absolute Gasteiger partial charge is 0.0464 e. The zero-order chi connectivity index (χ0) is 19.3. The number of rotatable bonds is 4. The summed E-state index contributed by atoms with van der Waals surface area (Å²) in [7, 11) is 0. The van der Waals surface area contributed by atoms with E-state index in [-0.39, 0.29) is 0 Å². The van der Waals surface area contributed by atoms with Crippen molar-refractivity contribution in [2.75, 3.05) is 4.90 Å². The number of para-hydroxylation sites is 1. The Balaban J connectivity index is 1.73. The fourth-order valence-electron chi connectivity index (χ4n) is 3.35. The van der Waals surface area contributed by atoms with E-state index in [1.165, 1.54) is 11.1 Å². The molecule has 0 aromatic heterocycles. The first-order valence-corrected chi connectivity index (χ1v) is 9.33. The van der Waals surface area contributed by atoms with Gasteiger partial charge in [0, 0.05) is 22.6 Å². The molecular weight excluding hydrogens is 338 g/mol. The van der Waals surface area contributed by atoms with Crippen LogP contribution >= 0.6 is 0 Å². The quantitative estimate of drug-likeness (QED) is 0.351. The van der Waals surface area contributed by atoms with Crippen molar-refractivity contribution in [2.24, 2.45) is 0 Å². The molecule has 0 aliphatic rings. The monoisotopic (exact) mass is 359 g/mol. The van der Waals surface area contributed by atoms with Crippen molar-refractivity contribution >= 4 is 17.1 Å². The number of nitrogens with zero attached hydrogens (tertiary/aromatic N) is 1. The average molecular weight is 359 g/mol. The third-order valence-corrected chi connectivity index (χ3v) is 4.78. The topological polar surface area (TPSA) is 3.24 Å². The van der Waals surface area contributed by atoms with Gasteiger partial charge in [-0.2, -0.15) is 0 Å². The van der Waals surface area contributed by atoms with E-state index in [1.54, 1.807) is 0 Å². The van der Waals surface area contributed by atoms with Crippen molar-refractivity contribution in [3.63, 3.8) is 0 Å². The average Bonchev–Trinajstić information content (AvgIpc) is 2.75. The second-order valence-electron chi connectivity index (χ2n) is 6.78. The van der Waals surface area contributed by atoms with Crippen molar-refractivity contribution in [1.82, 2.24) is 0 Å². The molecule has 0 heterocycles. The van der Waals surface area contributed by atoms with Crippen molar-refractivity contribution in [3.8, 4) is 23.5 Å². The molecule has 0 spiro atoms. The molecule has 134 valence electrons. The second kappa shape index (κ2) is 7.86. The van der Waals surface area contributed by atoms with Gasteiger partial charge in [-0.1, -0.05) is 60.5 Å². The molecule has 0 unspecified atom stereocenters. The highest BCUT2D eigenvalue weighted by atomic mass is 15.1. The van der Waals surface area contributed by atoms with Crippen molar-refractivity contribution in [2.45, 2.75) is 6.92 Å². The van der Waals surface area contributed by atoms with Gasteiger partial charge in [0.2, 0.25) is 0 Å². The third kappa shape index (κ3) is 3.68. The highest BCUT2D eigenvalue weighted by Gasteiger charge is 2.12. The normalized spacial score (nSPS) is 10.3. The SMILES string of the molecule is C#Cc1ccc(-c2ccc(N(c3ccccc3)c3cccc(C)c3)cc2)cc1. The van der Waals surface area contributed by atoms with Gasteiger partial charge in [-0.05, 0) is 72.1 Å². The Bertz CT molecular complexity index is 1100. The van der Waals surface area contributed by atoms with E-state index in [1.807, 2.05) is 18.2 Å². The van der Waals surface area contributed by atoms with Crippen LogP contribution < -0.4 is 4.90 Å². The van der Waals surface area contributed by atoms with Gasteiger partial charge in [-0.15, -0.1) is 6.42 Å². The summed E-state index contributed by atoms with van der Waals surface area (Å²) in [6.45, 7) is 2.12. The fraction of sp³-hybridized carbons (Fsp3) is 0.0370. The van der Waals surface area contributed by atoms with Crippen LogP contribution in [-0.2, 0) is 0 Å². The molecular formula is C27H21N. The molecule has 1 nitrogen and oxygen atoms in total. The lowest BCUT2D eigenvalue weighted by atomic mass is 10.0. The molecule has 0 bridgehead atoms. The van der Waals surface area contributed by atoms with Crippen LogP contribution in [0, 0.1) is 19.3 Å². The first-order valence-electron chi connectivity index (χ1n) is 9.33. The summed E-state index contributed by atoms with van der Waals surface area (Å²) in [5.74, 6) is 2.66. The summed E-state index contributed by atoms with van der Waals surface area (Å²) in [5, 5.41) is 0. The van der Waals surface area contributed by atoms with Crippen molar-refractivity contribution in [1.29, 1.82) is 0 Å². The Hall–Kier alpha value is -3.76. The van der Waals surface area contributed by atoms with E-state index >= 15 is 0 Å². The molecule has 1 heteroatoms. The van der Waals surface area contributed by atoms with Gasteiger partial charge < -0.3 is 4.90 Å². The molecule has 0 amide bonds. The van der Waals surface area contributed by atoms with Crippen LogP contribution in [-0.4, -0.2) is 0 Å². The van der Waals surface area contributed by atoms with Crippen LogP contribution in [0.1, 0.15) is 11.1 Å². The number of aryl methyl sites for hydroxylation is 1. The van der Waals surface area contributed by atoms with Crippen LogP contribution in [0.25, 0.3) is 11.1 Å². The van der Waals surface area contributed by atoms with E-state index in [0.29, 0.717) is 0 Å². The summed E-state index contributed by atoms with van der Waals surface area (Å²) < 4.78 is 0. The number of terminal acetylenes is 1. The minimum absolute atomic E-state index is 0.898. The minimum Gasteiger partial charge on any atom is -0.310 e. The van der Waals surface area contributed by atoms with Crippen LogP contribution in [0.3, 0.4) is 0 Å². The highest BCUT2D eigenvalue weighted by molar-refractivity contribution is 5.78. The van der Waals surface area contributed by atoms with E-state index in [9.17, 15) is 0 Å². The predicted molar refractivity (Wildman–Crippen MR) is 119 cm³/mol. The zero-order valence-electron chi connectivity index (χ0n) is 15.8. The Morgan fingerprint density at radius 2 is 1.18 bits per heavy atom. The molecule has 0 saturated heterocycles. The third-order valence-electron chi connectivity index (χ3n) is 4.78. The molecule has 0 fully saturated rings. The molecule has 28 heavy (non-hydrogen) atoms. The standard InChI is InChI=1S/C27H21N/c1-3-22-12-14-23(15-13-22)24-16-18-26(19-17-24)28(25-9-5-4-6-10-25)27-11-7-8-21(2)20-27/h1,4-20H,2H3. The molecule has 0 atom stereocenters. The van der Waals surface area contributed by atoms with Crippen molar-refractivity contribution in [3.05, 3.63) is 114 Å². The van der Waals surface area contributed by atoms with Crippen molar-refractivity contribution < 1.29 is 0 Å². The van der Waals surface area contributed by atoms with Gasteiger partial charge in [0.05, 0.1) is 0 Å². The predicted octanol–water partition coefficient (Wildman–Crippen LogP) is 7.11. The molecule has 0 N–H and O–H groups in total. The maximum atomic E-state index is 5.46. The van der Waals surface area contributed by atoms with Gasteiger partial charge >= 0.3 is 0 Å². The number of benzene rings is 4. The molecule has 4 aromatic rings. The lowest BCUT2D eigenvalue weighted by Crippen LogP contribution is -2.09. The first kappa shape index (κ1) is 17.6. The van der Waals surface area contributed by atoms with Gasteiger partial charge in [-0.25, -0.2) is 0 Å². The Labute approximate surface area is 166 Å². The first-order chi connectivity index (χ1) is 13.7. The summed E-state index contributed by atoms with van der Waals surface area (Å²) in [6.07, 6.45) is 5.46. The number of anilines is 3. The molecule has 4 aromatic carbocycles. The minimum atomic E-state index is 0.898. The maximum absolute atomic E-state index is 5.46. The van der Waals surface area contributed by atoms with Gasteiger partial charge in [0.25, 0.3) is 0 Å². The van der Waals surface area contributed by atoms with Crippen LogP contribution in [0.4, 0.5) is 17.1 Å². The summed E-state index contributed by atoms with van der Waals surface area (Å²) in [4.78, 5) is 2.28. The Morgan fingerprint density at radius 3 is 1.79 bits per heavy atom. The number of hydrogen-bond donors (Lipinski definition) is 0. The van der Waals surface area contributed by atoms with Gasteiger partial charge in [0.15, 0.2) is 0 Å². The van der Waals surface area contributed by atoms with E-state index in [2.05, 4.69) is 103 Å². The van der Waals surface area contributed by atoms with Gasteiger partial charge in [0.1, 0.15) is 0 Å². The molecule has 0 aliphatic carbocycles. The van der Waals surface area contributed by atoms with Gasteiger partial charge in [-0.3, -0.25) is 0 Å².